The van der Waals surface area contributed by atoms with E-state index in [0.29, 0.717) is 0 Å². The van der Waals surface area contributed by atoms with Crippen LogP contribution in [0, 0.1) is 0 Å². The molecule has 1 saturated heterocycles. The van der Waals surface area contributed by atoms with Crippen molar-refractivity contribution in [1.29, 1.82) is 0 Å². The monoisotopic (exact) mass is 251 g/mol. The van der Waals surface area contributed by atoms with Gasteiger partial charge in [-0.1, -0.05) is 22.6 Å². The Hall–Kier alpha value is 0.690. The Labute approximate surface area is 76.3 Å². The van der Waals surface area contributed by atoms with Crippen molar-refractivity contribution < 1.29 is 0 Å². The molecule has 0 aromatic rings. The van der Waals surface area contributed by atoms with Crippen LogP contribution in [-0.4, -0.2) is 28.0 Å². The van der Waals surface area contributed by atoms with Crippen LogP contribution in [0.5, 0.6) is 0 Å². The second kappa shape index (κ2) is 2.97. The van der Waals surface area contributed by atoms with E-state index in [1.54, 1.807) is 0 Å². The molecule has 0 amide bonds. The maximum Gasteiger partial charge on any atom is 0.0134 e. The second-order valence-electron chi connectivity index (χ2n) is 3.44. The maximum atomic E-state index is 2.68. The fourth-order valence-corrected chi connectivity index (χ4v) is 2.23. The Morgan fingerprint density at radius 3 is 2.10 bits per heavy atom. The molecule has 2 heteroatoms. The average Bonchev–Trinajstić information content (AvgIpc) is 2.71. The molecule has 0 radical (unpaired) electrons. The summed E-state index contributed by atoms with van der Waals surface area (Å²) in [5.41, 5.74) is 0. The number of alkyl halides is 1. The lowest BCUT2D eigenvalue weighted by atomic mass is 10.1. The molecule has 1 heterocycles. The molecule has 0 aromatic carbocycles. The topological polar surface area (TPSA) is 3.24 Å². The van der Waals surface area contributed by atoms with Crippen molar-refractivity contribution in [2.45, 2.75) is 35.6 Å². The van der Waals surface area contributed by atoms with E-state index in [0.717, 1.165) is 9.97 Å². The van der Waals surface area contributed by atoms with Gasteiger partial charge in [-0.25, -0.2) is 0 Å². The summed E-state index contributed by atoms with van der Waals surface area (Å²) in [6.45, 7) is 2.75. The van der Waals surface area contributed by atoms with Crippen molar-refractivity contribution >= 4 is 22.6 Å². The van der Waals surface area contributed by atoms with Gasteiger partial charge >= 0.3 is 0 Å². The standard InChI is InChI=1S/C8H14IN/c9-7-3-5-10(6-4-7)8-1-2-8/h7-8H,1-6H2. The molecule has 2 fully saturated rings. The number of rotatable bonds is 1. The first-order valence-electron chi connectivity index (χ1n) is 4.24. The molecule has 0 N–H and O–H groups in total. The summed E-state index contributed by atoms with van der Waals surface area (Å²) in [7, 11) is 0. The van der Waals surface area contributed by atoms with Crippen LogP contribution in [0.4, 0.5) is 0 Å². The van der Waals surface area contributed by atoms with Crippen molar-refractivity contribution in [3.05, 3.63) is 0 Å². The number of hydrogen-bond acceptors (Lipinski definition) is 1. The van der Waals surface area contributed by atoms with Gasteiger partial charge in [-0.3, -0.25) is 0 Å². The highest BCUT2D eigenvalue weighted by Gasteiger charge is 2.30. The van der Waals surface area contributed by atoms with Crippen LogP contribution in [0.2, 0.25) is 0 Å². The second-order valence-corrected chi connectivity index (χ2v) is 5.20. The average molecular weight is 251 g/mol. The largest absolute Gasteiger partial charge is 0.300 e. The van der Waals surface area contributed by atoms with Crippen LogP contribution >= 0.6 is 22.6 Å². The van der Waals surface area contributed by atoms with Gasteiger partial charge < -0.3 is 4.90 Å². The number of hydrogen-bond donors (Lipinski definition) is 0. The van der Waals surface area contributed by atoms with Crippen LogP contribution in [0.15, 0.2) is 0 Å². The summed E-state index contributed by atoms with van der Waals surface area (Å²) in [5, 5.41) is 0. The fourth-order valence-electron chi connectivity index (χ4n) is 1.67. The Bertz CT molecular complexity index is 114. The quantitative estimate of drug-likeness (QED) is 0.509. The van der Waals surface area contributed by atoms with Crippen LogP contribution in [0.25, 0.3) is 0 Å². The van der Waals surface area contributed by atoms with Crippen molar-refractivity contribution in [3.63, 3.8) is 0 Å². The minimum absolute atomic E-state index is 0.965. The number of likely N-dealkylation sites (tertiary alicyclic amines) is 1. The van der Waals surface area contributed by atoms with E-state index in [-0.39, 0.29) is 0 Å². The molecule has 0 spiro atoms. The molecular weight excluding hydrogens is 237 g/mol. The summed E-state index contributed by atoms with van der Waals surface area (Å²) in [6.07, 6.45) is 5.81. The highest BCUT2D eigenvalue weighted by molar-refractivity contribution is 14.1. The Kier molecular flexibility index (Phi) is 2.18. The fraction of sp³-hybridized carbons (Fsp3) is 1.00. The summed E-state index contributed by atoms with van der Waals surface area (Å²) < 4.78 is 0.965. The van der Waals surface area contributed by atoms with Gasteiger partial charge in [0.1, 0.15) is 0 Å². The SMILES string of the molecule is IC1CCN(C2CC2)CC1. The molecule has 1 aliphatic heterocycles. The van der Waals surface area contributed by atoms with Crippen molar-refractivity contribution in [3.8, 4) is 0 Å². The zero-order valence-corrected chi connectivity index (χ0v) is 8.38. The van der Waals surface area contributed by atoms with Gasteiger partial charge in [0.15, 0.2) is 0 Å². The number of piperidine rings is 1. The Balaban J connectivity index is 1.79. The zero-order chi connectivity index (χ0) is 6.97. The molecule has 0 atom stereocenters. The maximum absolute atomic E-state index is 2.68. The predicted octanol–water partition coefficient (Wildman–Crippen LogP) is 2.05. The van der Waals surface area contributed by atoms with Crippen LogP contribution in [0.1, 0.15) is 25.7 Å². The van der Waals surface area contributed by atoms with E-state index in [1.165, 1.54) is 38.8 Å². The van der Waals surface area contributed by atoms with Gasteiger partial charge in [0.2, 0.25) is 0 Å². The van der Waals surface area contributed by atoms with Gasteiger partial charge in [-0.2, -0.15) is 0 Å². The van der Waals surface area contributed by atoms with Crippen LogP contribution < -0.4 is 0 Å². The normalized spacial score (nSPS) is 30.9. The number of halogens is 1. The van der Waals surface area contributed by atoms with Gasteiger partial charge in [0.05, 0.1) is 0 Å². The third kappa shape index (κ3) is 1.64. The van der Waals surface area contributed by atoms with Crippen molar-refractivity contribution in [1.82, 2.24) is 4.90 Å². The van der Waals surface area contributed by atoms with E-state index in [1.807, 2.05) is 0 Å². The summed E-state index contributed by atoms with van der Waals surface area (Å²) in [6, 6.07) is 1.00. The van der Waals surface area contributed by atoms with Gasteiger partial charge in [-0.05, 0) is 38.8 Å². The van der Waals surface area contributed by atoms with E-state index < -0.39 is 0 Å². The molecule has 58 valence electrons. The molecule has 0 unspecified atom stereocenters. The van der Waals surface area contributed by atoms with E-state index >= 15 is 0 Å². The lowest BCUT2D eigenvalue weighted by Gasteiger charge is -2.29. The third-order valence-electron chi connectivity index (χ3n) is 2.52. The summed E-state index contributed by atoms with van der Waals surface area (Å²) in [5.74, 6) is 0. The van der Waals surface area contributed by atoms with E-state index in [2.05, 4.69) is 27.5 Å². The lowest BCUT2D eigenvalue weighted by molar-refractivity contribution is 0.226. The van der Waals surface area contributed by atoms with Crippen LogP contribution in [-0.2, 0) is 0 Å². The first-order chi connectivity index (χ1) is 4.86. The minimum Gasteiger partial charge on any atom is -0.300 e. The molecule has 1 nitrogen and oxygen atoms in total. The van der Waals surface area contributed by atoms with E-state index in [4.69, 9.17) is 0 Å². The highest BCUT2D eigenvalue weighted by atomic mass is 127. The molecular formula is C8H14IN. The van der Waals surface area contributed by atoms with Gasteiger partial charge in [0.25, 0.3) is 0 Å². The zero-order valence-electron chi connectivity index (χ0n) is 6.22. The minimum atomic E-state index is 0.965. The molecule has 0 bridgehead atoms. The predicted molar refractivity (Wildman–Crippen MR) is 51.6 cm³/mol. The molecule has 1 aliphatic carbocycles. The summed E-state index contributed by atoms with van der Waals surface area (Å²) >= 11 is 2.58. The Morgan fingerprint density at radius 2 is 1.60 bits per heavy atom. The number of nitrogens with zero attached hydrogens (tertiary/aromatic N) is 1. The molecule has 1 saturated carbocycles. The smallest absolute Gasteiger partial charge is 0.0134 e. The van der Waals surface area contributed by atoms with E-state index in [9.17, 15) is 0 Å². The van der Waals surface area contributed by atoms with Gasteiger partial charge in [0, 0.05) is 9.97 Å². The first kappa shape index (κ1) is 7.35. The molecule has 2 rings (SSSR count). The molecule has 2 aliphatic rings. The molecule has 10 heavy (non-hydrogen) atoms. The molecule has 0 aromatic heterocycles. The highest BCUT2D eigenvalue weighted by Crippen LogP contribution is 2.30. The van der Waals surface area contributed by atoms with Crippen molar-refractivity contribution in [2.24, 2.45) is 0 Å². The third-order valence-corrected chi connectivity index (χ3v) is 3.77. The van der Waals surface area contributed by atoms with Crippen LogP contribution in [0.3, 0.4) is 0 Å². The lowest BCUT2D eigenvalue weighted by Crippen LogP contribution is -2.35. The first-order valence-corrected chi connectivity index (χ1v) is 5.49. The van der Waals surface area contributed by atoms with Gasteiger partial charge in [-0.15, -0.1) is 0 Å². The van der Waals surface area contributed by atoms with Crippen molar-refractivity contribution in [2.75, 3.05) is 13.1 Å². The summed E-state index contributed by atoms with van der Waals surface area (Å²) in [4.78, 5) is 2.68. The Morgan fingerprint density at radius 1 is 1.00 bits per heavy atom.